The van der Waals surface area contributed by atoms with Crippen molar-refractivity contribution in [2.24, 2.45) is 0 Å². The molecule has 0 saturated carbocycles. The van der Waals surface area contributed by atoms with Crippen molar-refractivity contribution in [1.29, 1.82) is 0 Å². The van der Waals surface area contributed by atoms with Crippen LogP contribution in [-0.2, 0) is 4.79 Å². The van der Waals surface area contributed by atoms with Gasteiger partial charge in [0, 0.05) is 6.08 Å². The Labute approximate surface area is 113 Å². The first kappa shape index (κ1) is 15.2. The molecular formula is C16H19FO2. The van der Waals surface area contributed by atoms with E-state index in [2.05, 4.69) is 6.08 Å². The van der Waals surface area contributed by atoms with E-state index in [-0.39, 0.29) is 5.82 Å². The molecule has 0 fully saturated rings. The Kier molecular flexibility index (Phi) is 6.00. The number of esters is 1. The van der Waals surface area contributed by atoms with Crippen LogP contribution in [0.3, 0.4) is 0 Å². The summed E-state index contributed by atoms with van der Waals surface area (Å²) in [5, 5.41) is 0. The quantitative estimate of drug-likeness (QED) is 0.340. The number of hydrogen-bond acceptors (Lipinski definition) is 2. The predicted octanol–water partition coefficient (Wildman–Crippen LogP) is 4.42. The van der Waals surface area contributed by atoms with Gasteiger partial charge in [0.15, 0.2) is 0 Å². The maximum absolute atomic E-state index is 12.7. The van der Waals surface area contributed by atoms with Crippen molar-refractivity contribution in [3.05, 3.63) is 53.4 Å². The van der Waals surface area contributed by atoms with Crippen LogP contribution in [0.5, 0.6) is 5.75 Å². The van der Waals surface area contributed by atoms with Gasteiger partial charge in [0.25, 0.3) is 0 Å². The molecule has 0 atom stereocenters. The summed E-state index contributed by atoms with van der Waals surface area (Å²) in [5.41, 5.74) is 2.23. The van der Waals surface area contributed by atoms with E-state index in [1.807, 2.05) is 20.8 Å². The SMILES string of the molecule is CC(C)=CCC/C(C)=C/C(=O)Oc1ccc(F)cc1. The molecule has 0 spiro atoms. The first-order chi connectivity index (χ1) is 8.97. The van der Waals surface area contributed by atoms with Gasteiger partial charge in [-0.3, -0.25) is 0 Å². The number of halogens is 1. The van der Waals surface area contributed by atoms with Crippen molar-refractivity contribution in [2.75, 3.05) is 0 Å². The molecule has 0 N–H and O–H groups in total. The monoisotopic (exact) mass is 262 g/mol. The molecule has 19 heavy (non-hydrogen) atoms. The fourth-order valence-electron chi connectivity index (χ4n) is 1.51. The normalized spacial score (nSPS) is 11.1. The van der Waals surface area contributed by atoms with Gasteiger partial charge >= 0.3 is 5.97 Å². The average molecular weight is 262 g/mol. The fraction of sp³-hybridized carbons (Fsp3) is 0.312. The second-order valence-corrected chi connectivity index (χ2v) is 4.69. The van der Waals surface area contributed by atoms with Gasteiger partial charge < -0.3 is 4.74 Å². The molecule has 2 nitrogen and oxygen atoms in total. The minimum absolute atomic E-state index is 0.347. The molecule has 0 radical (unpaired) electrons. The maximum atomic E-state index is 12.7. The molecule has 0 aliphatic carbocycles. The lowest BCUT2D eigenvalue weighted by molar-refractivity contribution is -0.129. The van der Waals surface area contributed by atoms with E-state index in [1.165, 1.54) is 35.9 Å². The fourth-order valence-corrected chi connectivity index (χ4v) is 1.51. The van der Waals surface area contributed by atoms with E-state index in [0.29, 0.717) is 5.75 Å². The highest BCUT2D eigenvalue weighted by atomic mass is 19.1. The molecular weight excluding hydrogens is 243 g/mol. The molecule has 0 aliphatic heterocycles. The predicted molar refractivity (Wildman–Crippen MR) is 74.5 cm³/mol. The van der Waals surface area contributed by atoms with Crippen molar-refractivity contribution in [3.63, 3.8) is 0 Å². The summed E-state index contributed by atoms with van der Waals surface area (Å²) >= 11 is 0. The van der Waals surface area contributed by atoms with E-state index in [0.717, 1.165) is 18.4 Å². The zero-order chi connectivity index (χ0) is 14.3. The molecule has 0 unspecified atom stereocenters. The summed E-state index contributed by atoms with van der Waals surface area (Å²) in [4.78, 5) is 11.6. The zero-order valence-corrected chi connectivity index (χ0v) is 11.6. The highest BCUT2D eigenvalue weighted by Crippen LogP contribution is 2.12. The lowest BCUT2D eigenvalue weighted by Gasteiger charge is -2.02. The molecule has 0 heterocycles. The highest BCUT2D eigenvalue weighted by molar-refractivity contribution is 5.84. The minimum Gasteiger partial charge on any atom is -0.423 e. The van der Waals surface area contributed by atoms with Crippen LogP contribution in [0.2, 0.25) is 0 Å². The van der Waals surface area contributed by atoms with E-state index >= 15 is 0 Å². The third kappa shape index (κ3) is 6.55. The Morgan fingerprint density at radius 2 is 1.84 bits per heavy atom. The molecule has 1 aromatic rings. The molecule has 102 valence electrons. The van der Waals surface area contributed by atoms with Gasteiger partial charge in [-0.05, 0) is 57.9 Å². The lowest BCUT2D eigenvalue weighted by atomic mass is 10.1. The number of carbonyl (C=O) groups is 1. The summed E-state index contributed by atoms with van der Waals surface area (Å²) in [5.74, 6) is -0.436. The number of ether oxygens (including phenoxy) is 1. The topological polar surface area (TPSA) is 26.3 Å². The van der Waals surface area contributed by atoms with Gasteiger partial charge in [-0.2, -0.15) is 0 Å². The van der Waals surface area contributed by atoms with Crippen LogP contribution in [-0.4, -0.2) is 5.97 Å². The van der Waals surface area contributed by atoms with Crippen LogP contribution in [0, 0.1) is 5.82 Å². The molecule has 0 bridgehead atoms. The van der Waals surface area contributed by atoms with E-state index in [1.54, 1.807) is 0 Å². The van der Waals surface area contributed by atoms with Crippen LogP contribution >= 0.6 is 0 Å². The number of carbonyl (C=O) groups excluding carboxylic acids is 1. The third-order valence-corrected chi connectivity index (χ3v) is 2.49. The van der Waals surface area contributed by atoms with Crippen molar-refractivity contribution in [2.45, 2.75) is 33.6 Å². The largest absolute Gasteiger partial charge is 0.423 e. The molecule has 0 aliphatic rings. The van der Waals surface area contributed by atoms with Crippen molar-refractivity contribution in [1.82, 2.24) is 0 Å². The summed E-state index contributed by atoms with van der Waals surface area (Å²) in [6.07, 6.45) is 5.34. The van der Waals surface area contributed by atoms with Gasteiger partial charge in [0.1, 0.15) is 11.6 Å². The molecule has 0 saturated heterocycles. The van der Waals surface area contributed by atoms with Crippen LogP contribution < -0.4 is 4.74 Å². The zero-order valence-electron chi connectivity index (χ0n) is 11.6. The lowest BCUT2D eigenvalue weighted by Crippen LogP contribution is -2.04. The third-order valence-electron chi connectivity index (χ3n) is 2.49. The van der Waals surface area contributed by atoms with E-state index < -0.39 is 5.97 Å². The molecule has 1 aromatic carbocycles. The summed E-state index contributed by atoms with van der Waals surface area (Å²) in [6.45, 7) is 5.98. The van der Waals surface area contributed by atoms with Crippen molar-refractivity contribution < 1.29 is 13.9 Å². The van der Waals surface area contributed by atoms with Gasteiger partial charge in [0.05, 0.1) is 0 Å². The molecule has 3 heteroatoms. The van der Waals surface area contributed by atoms with Crippen LogP contribution in [0.15, 0.2) is 47.6 Å². The number of allylic oxidation sites excluding steroid dienone is 3. The van der Waals surface area contributed by atoms with Crippen LogP contribution in [0.1, 0.15) is 33.6 Å². The summed E-state index contributed by atoms with van der Waals surface area (Å²) in [7, 11) is 0. The first-order valence-corrected chi connectivity index (χ1v) is 6.25. The minimum atomic E-state index is -0.429. The number of benzene rings is 1. The number of rotatable bonds is 5. The van der Waals surface area contributed by atoms with E-state index in [9.17, 15) is 9.18 Å². The van der Waals surface area contributed by atoms with Gasteiger partial charge in [-0.15, -0.1) is 0 Å². The van der Waals surface area contributed by atoms with Gasteiger partial charge in [-0.1, -0.05) is 17.2 Å². The Balaban J connectivity index is 2.49. The van der Waals surface area contributed by atoms with Crippen molar-refractivity contribution in [3.8, 4) is 5.75 Å². The standard InChI is InChI=1S/C16H19FO2/c1-12(2)5-4-6-13(3)11-16(18)19-15-9-7-14(17)8-10-15/h5,7-11H,4,6H2,1-3H3/b13-11+. The first-order valence-electron chi connectivity index (χ1n) is 6.25. The van der Waals surface area contributed by atoms with Crippen molar-refractivity contribution >= 4 is 5.97 Å². The Morgan fingerprint density at radius 1 is 1.21 bits per heavy atom. The number of hydrogen-bond donors (Lipinski definition) is 0. The summed E-state index contributed by atoms with van der Waals surface area (Å²) < 4.78 is 17.8. The molecule has 1 rings (SSSR count). The van der Waals surface area contributed by atoms with Crippen LogP contribution in [0.4, 0.5) is 4.39 Å². The highest BCUT2D eigenvalue weighted by Gasteiger charge is 2.02. The second-order valence-electron chi connectivity index (χ2n) is 4.69. The van der Waals surface area contributed by atoms with Gasteiger partial charge in [0.2, 0.25) is 0 Å². The maximum Gasteiger partial charge on any atom is 0.336 e. The Hall–Kier alpha value is -1.90. The average Bonchev–Trinajstić information content (AvgIpc) is 2.31. The second kappa shape index (κ2) is 7.52. The summed E-state index contributed by atoms with van der Waals surface area (Å²) in [6, 6.07) is 5.38. The molecule has 0 amide bonds. The Bertz CT molecular complexity index is 480. The Morgan fingerprint density at radius 3 is 2.42 bits per heavy atom. The smallest absolute Gasteiger partial charge is 0.336 e. The van der Waals surface area contributed by atoms with Gasteiger partial charge in [-0.25, -0.2) is 9.18 Å². The molecule has 0 aromatic heterocycles. The van der Waals surface area contributed by atoms with E-state index in [4.69, 9.17) is 4.74 Å². The van der Waals surface area contributed by atoms with Crippen LogP contribution in [0.25, 0.3) is 0 Å².